The zero-order valence-electron chi connectivity index (χ0n) is 9.83. The molecule has 1 aromatic rings. The number of benzene rings is 1. The van der Waals surface area contributed by atoms with Crippen molar-refractivity contribution in [2.24, 2.45) is 5.84 Å². The van der Waals surface area contributed by atoms with Gasteiger partial charge in [-0.2, -0.15) is 8.78 Å². The molecule has 1 unspecified atom stereocenters. The number of halogens is 2. The summed E-state index contributed by atoms with van der Waals surface area (Å²) < 4.78 is 28.2. The Kier molecular flexibility index (Phi) is 5.86. The molecule has 0 spiro atoms. The van der Waals surface area contributed by atoms with Crippen LogP contribution in [0.25, 0.3) is 0 Å². The lowest BCUT2D eigenvalue weighted by atomic mass is 10.0. The average molecular weight is 244 g/mol. The highest BCUT2D eigenvalue weighted by Crippen LogP contribution is 2.22. The zero-order valence-corrected chi connectivity index (χ0v) is 9.83. The fourth-order valence-corrected chi connectivity index (χ4v) is 1.64. The van der Waals surface area contributed by atoms with E-state index in [9.17, 15) is 8.78 Å². The molecule has 0 saturated heterocycles. The van der Waals surface area contributed by atoms with Gasteiger partial charge < -0.3 is 4.74 Å². The molecule has 1 aromatic carbocycles. The van der Waals surface area contributed by atoms with E-state index >= 15 is 0 Å². The fraction of sp³-hybridized carbons (Fsp3) is 0.500. The van der Waals surface area contributed by atoms with Crippen molar-refractivity contribution in [3.63, 3.8) is 0 Å². The van der Waals surface area contributed by atoms with E-state index in [-0.39, 0.29) is 11.8 Å². The van der Waals surface area contributed by atoms with E-state index in [4.69, 9.17) is 5.84 Å². The maximum atomic E-state index is 12.0. The van der Waals surface area contributed by atoms with Crippen molar-refractivity contribution in [1.82, 2.24) is 5.43 Å². The molecule has 0 amide bonds. The SMILES string of the molecule is CCCCC(NN)c1ccc(OC(F)F)cc1. The average Bonchev–Trinajstić information content (AvgIpc) is 2.31. The predicted molar refractivity (Wildman–Crippen MR) is 62.7 cm³/mol. The lowest BCUT2D eigenvalue weighted by molar-refractivity contribution is -0.0498. The van der Waals surface area contributed by atoms with Gasteiger partial charge in [-0.25, -0.2) is 0 Å². The number of rotatable bonds is 7. The Labute approximate surface area is 99.9 Å². The van der Waals surface area contributed by atoms with Crippen LogP contribution in [-0.2, 0) is 0 Å². The van der Waals surface area contributed by atoms with Gasteiger partial charge >= 0.3 is 6.61 Å². The van der Waals surface area contributed by atoms with E-state index in [0.717, 1.165) is 24.8 Å². The zero-order chi connectivity index (χ0) is 12.7. The van der Waals surface area contributed by atoms with Gasteiger partial charge in [-0.05, 0) is 24.1 Å². The molecule has 0 aliphatic rings. The third-order valence-electron chi connectivity index (χ3n) is 2.56. The van der Waals surface area contributed by atoms with Gasteiger partial charge in [-0.3, -0.25) is 11.3 Å². The first-order valence-corrected chi connectivity index (χ1v) is 5.68. The Bertz CT molecular complexity index is 317. The Morgan fingerprint density at radius 2 is 1.94 bits per heavy atom. The summed E-state index contributed by atoms with van der Waals surface area (Å²) in [6, 6.07) is 6.60. The maximum absolute atomic E-state index is 12.0. The monoisotopic (exact) mass is 244 g/mol. The minimum absolute atomic E-state index is 0.0514. The first-order valence-electron chi connectivity index (χ1n) is 5.68. The van der Waals surface area contributed by atoms with Crippen molar-refractivity contribution >= 4 is 0 Å². The number of hydrogen-bond acceptors (Lipinski definition) is 3. The molecule has 5 heteroatoms. The second-order valence-electron chi connectivity index (χ2n) is 3.81. The normalized spacial score (nSPS) is 12.8. The summed E-state index contributed by atoms with van der Waals surface area (Å²) in [5.41, 5.74) is 3.70. The van der Waals surface area contributed by atoms with Crippen LogP contribution in [0.2, 0.25) is 0 Å². The third-order valence-corrected chi connectivity index (χ3v) is 2.56. The number of hydrazine groups is 1. The minimum atomic E-state index is -2.79. The second kappa shape index (κ2) is 7.19. The number of ether oxygens (including phenoxy) is 1. The highest BCUT2D eigenvalue weighted by molar-refractivity contribution is 5.29. The van der Waals surface area contributed by atoms with Crippen LogP contribution in [0.1, 0.15) is 37.8 Å². The van der Waals surface area contributed by atoms with Crippen LogP contribution in [-0.4, -0.2) is 6.61 Å². The van der Waals surface area contributed by atoms with Crippen LogP contribution < -0.4 is 16.0 Å². The smallest absolute Gasteiger partial charge is 0.387 e. The van der Waals surface area contributed by atoms with Crippen LogP contribution >= 0.6 is 0 Å². The summed E-state index contributed by atoms with van der Waals surface area (Å²) in [6.07, 6.45) is 3.07. The molecule has 0 radical (unpaired) electrons. The largest absolute Gasteiger partial charge is 0.435 e. The van der Waals surface area contributed by atoms with Gasteiger partial charge in [0, 0.05) is 6.04 Å². The molecule has 96 valence electrons. The van der Waals surface area contributed by atoms with Gasteiger partial charge in [0.25, 0.3) is 0 Å². The van der Waals surface area contributed by atoms with Crippen molar-refractivity contribution in [3.8, 4) is 5.75 Å². The molecule has 3 nitrogen and oxygen atoms in total. The Balaban J connectivity index is 2.64. The molecule has 1 rings (SSSR count). The molecular formula is C12H18F2N2O. The van der Waals surface area contributed by atoms with E-state index < -0.39 is 6.61 Å². The van der Waals surface area contributed by atoms with Gasteiger partial charge in [-0.15, -0.1) is 0 Å². The fourth-order valence-electron chi connectivity index (χ4n) is 1.64. The van der Waals surface area contributed by atoms with Crippen LogP contribution in [0, 0.1) is 0 Å². The first kappa shape index (κ1) is 13.9. The van der Waals surface area contributed by atoms with Gasteiger partial charge in [0.2, 0.25) is 0 Å². The Morgan fingerprint density at radius 3 is 2.41 bits per heavy atom. The molecule has 0 heterocycles. The molecular weight excluding hydrogens is 226 g/mol. The molecule has 0 bridgehead atoms. The number of nitrogens with one attached hydrogen (secondary N) is 1. The summed E-state index contributed by atoms with van der Waals surface area (Å²) in [5, 5.41) is 0. The van der Waals surface area contributed by atoms with E-state index in [1.807, 2.05) is 0 Å². The highest BCUT2D eigenvalue weighted by atomic mass is 19.3. The lowest BCUT2D eigenvalue weighted by Gasteiger charge is -2.16. The van der Waals surface area contributed by atoms with Crippen molar-refractivity contribution in [3.05, 3.63) is 29.8 Å². The third kappa shape index (κ3) is 4.66. The Hall–Kier alpha value is -1.20. The van der Waals surface area contributed by atoms with Crippen molar-refractivity contribution in [2.45, 2.75) is 38.8 Å². The Morgan fingerprint density at radius 1 is 1.29 bits per heavy atom. The van der Waals surface area contributed by atoms with E-state index in [2.05, 4.69) is 17.1 Å². The summed E-state index contributed by atoms with van der Waals surface area (Å²) in [6.45, 7) is -0.683. The van der Waals surface area contributed by atoms with Crippen molar-refractivity contribution in [2.75, 3.05) is 0 Å². The summed E-state index contributed by atoms with van der Waals surface area (Å²) in [5.74, 6) is 5.63. The summed E-state index contributed by atoms with van der Waals surface area (Å²) in [4.78, 5) is 0. The number of alkyl halides is 2. The van der Waals surface area contributed by atoms with Crippen LogP contribution in [0.3, 0.4) is 0 Å². The molecule has 0 aromatic heterocycles. The van der Waals surface area contributed by atoms with E-state index in [0.29, 0.717) is 0 Å². The van der Waals surface area contributed by atoms with Crippen molar-refractivity contribution in [1.29, 1.82) is 0 Å². The molecule has 3 N–H and O–H groups in total. The van der Waals surface area contributed by atoms with Gasteiger partial charge in [0.1, 0.15) is 5.75 Å². The van der Waals surface area contributed by atoms with Gasteiger partial charge in [0.15, 0.2) is 0 Å². The summed E-state index contributed by atoms with van der Waals surface area (Å²) >= 11 is 0. The summed E-state index contributed by atoms with van der Waals surface area (Å²) in [7, 11) is 0. The molecule has 0 aliphatic heterocycles. The standard InChI is InChI=1S/C12H18F2N2O/c1-2-3-4-11(16-15)9-5-7-10(8-6-9)17-12(13)14/h5-8,11-12,16H,2-4,15H2,1H3. The molecule has 1 atom stereocenters. The molecule has 0 fully saturated rings. The number of nitrogens with two attached hydrogens (primary N) is 1. The van der Waals surface area contributed by atoms with Gasteiger partial charge in [0.05, 0.1) is 0 Å². The molecule has 17 heavy (non-hydrogen) atoms. The van der Waals surface area contributed by atoms with E-state index in [1.165, 1.54) is 12.1 Å². The van der Waals surface area contributed by atoms with Crippen LogP contribution in [0.5, 0.6) is 5.75 Å². The molecule has 0 aliphatic carbocycles. The predicted octanol–water partition coefficient (Wildman–Crippen LogP) is 2.98. The van der Waals surface area contributed by atoms with Crippen LogP contribution in [0.15, 0.2) is 24.3 Å². The highest BCUT2D eigenvalue weighted by Gasteiger charge is 2.10. The topological polar surface area (TPSA) is 47.3 Å². The quantitative estimate of drug-likeness (QED) is 0.572. The van der Waals surface area contributed by atoms with E-state index in [1.54, 1.807) is 12.1 Å². The van der Waals surface area contributed by atoms with Gasteiger partial charge in [-0.1, -0.05) is 31.9 Å². The lowest BCUT2D eigenvalue weighted by Crippen LogP contribution is -2.27. The van der Waals surface area contributed by atoms with Crippen LogP contribution in [0.4, 0.5) is 8.78 Å². The second-order valence-corrected chi connectivity index (χ2v) is 3.81. The number of unbranched alkanes of at least 4 members (excludes halogenated alkanes) is 1. The number of hydrogen-bond donors (Lipinski definition) is 2. The van der Waals surface area contributed by atoms with Crippen molar-refractivity contribution < 1.29 is 13.5 Å². The maximum Gasteiger partial charge on any atom is 0.387 e. The first-order chi connectivity index (χ1) is 8.17. The molecule has 0 saturated carbocycles. The minimum Gasteiger partial charge on any atom is -0.435 e.